The van der Waals surface area contributed by atoms with Gasteiger partial charge >= 0.3 is 0 Å². The number of anilines is 1. The van der Waals surface area contributed by atoms with Crippen molar-refractivity contribution in [3.8, 4) is 5.75 Å². The van der Waals surface area contributed by atoms with Gasteiger partial charge in [0.05, 0.1) is 19.1 Å². The number of carbonyl (C=O) groups excluding carboxylic acids is 2. The molecule has 1 N–H and O–H groups in total. The van der Waals surface area contributed by atoms with Crippen LogP contribution in [-0.2, 0) is 32.6 Å². The van der Waals surface area contributed by atoms with Crippen LogP contribution < -0.4 is 14.4 Å². The number of sulfonamides is 1. The van der Waals surface area contributed by atoms with Crippen LogP contribution in [0.1, 0.15) is 24.5 Å². The number of methoxy groups -OCH3 is 1. The Balaban J connectivity index is 2.13. The molecule has 3 aromatic rings. The van der Waals surface area contributed by atoms with Crippen LogP contribution in [0.25, 0.3) is 0 Å². The second-order valence-electron chi connectivity index (χ2n) is 9.30. The first kappa shape index (κ1) is 32.5. The van der Waals surface area contributed by atoms with Crippen molar-refractivity contribution in [2.24, 2.45) is 0 Å². The van der Waals surface area contributed by atoms with Crippen molar-refractivity contribution < 1.29 is 22.7 Å². The standard InChI is InChI=1S/C29H32Cl3N3O5S/c1-4-15-33-29(37)26(16-20-9-6-5-7-10-20)34(18-22-23(31)11-8-12-24(22)32)28(36)19-35(41(3,38)39)25-17-21(30)13-14-27(25)40-2/h5-14,17,26H,4,15-16,18-19H2,1-3H3,(H,33,37). The van der Waals surface area contributed by atoms with Crippen molar-refractivity contribution in [3.63, 3.8) is 0 Å². The number of ether oxygens (including phenoxy) is 1. The molecule has 8 nitrogen and oxygen atoms in total. The van der Waals surface area contributed by atoms with Gasteiger partial charge in [0, 0.05) is 40.1 Å². The van der Waals surface area contributed by atoms with Crippen LogP contribution >= 0.6 is 34.8 Å². The van der Waals surface area contributed by atoms with Crippen LogP contribution in [0.15, 0.2) is 66.7 Å². The molecule has 220 valence electrons. The maximum absolute atomic E-state index is 14.2. The Hall–Kier alpha value is -2.98. The van der Waals surface area contributed by atoms with Crippen molar-refractivity contribution in [3.05, 3.63) is 92.9 Å². The van der Waals surface area contributed by atoms with Crippen LogP contribution in [0.2, 0.25) is 15.1 Å². The van der Waals surface area contributed by atoms with Crippen LogP contribution in [0.4, 0.5) is 5.69 Å². The summed E-state index contributed by atoms with van der Waals surface area (Å²) in [6.07, 6.45) is 1.83. The zero-order valence-corrected chi connectivity index (χ0v) is 26.0. The molecular formula is C29H32Cl3N3O5S. The van der Waals surface area contributed by atoms with Gasteiger partial charge in [-0.3, -0.25) is 13.9 Å². The van der Waals surface area contributed by atoms with Gasteiger partial charge in [-0.15, -0.1) is 0 Å². The first-order valence-corrected chi connectivity index (χ1v) is 15.8. The highest BCUT2D eigenvalue weighted by Crippen LogP contribution is 2.33. The molecule has 0 heterocycles. The fraction of sp³-hybridized carbons (Fsp3) is 0.310. The summed E-state index contributed by atoms with van der Waals surface area (Å²) in [6, 6.07) is 17.6. The quantitative estimate of drug-likeness (QED) is 0.263. The first-order chi connectivity index (χ1) is 19.5. The molecule has 1 unspecified atom stereocenters. The zero-order chi connectivity index (χ0) is 30.2. The molecular weight excluding hydrogens is 609 g/mol. The van der Waals surface area contributed by atoms with Crippen LogP contribution in [0.5, 0.6) is 5.75 Å². The van der Waals surface area contributed by atoms with Gasteiger partial charge < -0.3 is 15.0 Å². The number of rotatable bonds is 13. The average Bonchev–Trinajstić information content (AvgIpc) is 2.93. The first-order valence-electron chi connectivity index (χ1n) is 12.8. The Kier molecular flexibility index (Phi) is 11.7. The Morgan fingerprint density at radius 3 is 2.22 bits per heavy atom. The van der Waals surface area contributed by atoms with Crippen molar-refractivity contribution in [1.29, 1.82) is 0 Å². The van der Waals surface area contributed by atoms with E-state index >= 15 is 0 Å². The molecule has 3 rings (SSSR count). The minimum absolute atomic E-state index is 0.0848. The topological polar surface area (TPSA) is 96.0 Å². The molecule has 2 amide bonds. The molecule has 0 aliphatic heterocycles. The molecule has 3 aromatic carbocycles. The summed E-state index contributed by atoms with van der Waals surface area (Å²) in [7, 11) is -2.63. The Morgan fingerprint density at radius 2 is 1.63 bits per heavy atom. The Morgan fingerprint density at radius 1 is 0.976 bits per heavy atom. The number of halogens is 3. The molecule has 12 heteroatoms. The molecule has 0 fully saturated rings. The third-order valence-corrected chi connectivity index (χ3v) is 8.37. The molecule has 0 aromatic heterocycles. The predicted molar refractivity (Wildman–Crippen MR) is 164 cm³/mol. The third-order valence-electron chi connectivity index (χ3n) is 6.30. The SMILES string of the molecule is CCCNC(=O)C(Cc1ccccc1)N(Cc1c(Cl)cccc1Cl)C(=O)CN(c1cc(Cl)ccc1OC)S(C)(=O)=O. The van der Waals surface area contributed by atoms with Gasteiger partial charge in [0.25, 0.3) is 0 Å². The minimum Gasteiger partial charge on any atom is -0.495 e. The lowest BCUT2D eigenvalue weighted by molar-refractivity contribution is -0.140. The van der Waals surface area contributed by atoms with Crippen LogP contribution in [0.3, 0.4) is 0 Å². The highest BCUT2D eigenvalue weighted by Gasteiger charge is 2.34. The van der Waals surface area contributed by atoms with E-state index in [1.54, 1.807) is 24.3 Å². The molecule has 0 saturated heterocycles. The number of hydrogen-bond acceptors (Lipinski definition) is 5. The summed E-state index contributed by atoms with van der Waals surface area (Å²) in [5.74, 6) is -0.839. The Labute approximate surface area is 256 Å². The molecule has 0 aliphatic rings. The highest BCUT2D eigenvalue weighted by molar-refractivity contribution is 7.92. The van der Waals surface area contributed by atoms with E-state index in [-0.39, 0.29) is 29.4 Å². The van der Waals surface area contributed by atoms with E-state index in [1.807, 2.05) is 37.3 Å². The number of nitrogens with one attached hydrogen (secondary N) is 1. The summed E-state index contributed by atoms with van der Waals surface area (Å²) < 4.78 is 32.3. The van der Waals surface area contributed by atoms with Gasteiger partial charge in [0.15, 0.2) is 0 Å². The number of amides is 2. The van der Waals surface area contributed by atoms with E-state index in [0.717, 1.165) is 16.1 Å². The number of benzene rings is 3. The fourth-order valence-electron chi connectivity index (χ4n) is 4.23. The van der Waals surface area contributed by atoms with Crippen molar-refractivity contribution in [2.75, 3.05) is 30.8 Å². The lowest BCUT2D eigenvalue weighted by Crippen LogP contribution is -2.53. The summed E-state index contributed by atoms with van der Waals surface area (Å²) in [6.45, 7) is 1.54. The summed E-state index contributed by atoms with van der Waals surface area (Å²) >= 11 is 19.1. The van der Waals surface area contributed by atoms with Gasteiger partial charge in [-0.1, -0.05) is 78.1 Å². The van der Waals surface area contributed by atoms with Gasteiger partial charge in [-0.25, -0.2) is 8.42 Å². The number of carbonyl (C=O) groups is 2. The maximum Gasteiger partial charge on any atom is 0.244 e. The van der Waals surface area contributed by atoms with Gasteiger partial charge in [-0.05, 0) is 42.3 Å². The monoisotopic (exact) mass is 639 g/mol. The molecule has 0 spiro atoms. The van der Waals surface area contributed by atoms with E-state index < -0.39 is 34.4 Å². The largest absolute Gasteiger partial charge is 0.495 e. The van der Waals surface area contributed by atoms with E-state index in [0.29, 0.717) is 28.6 Å². The number of nitrogens with zero attached hydrogens (tertiary/aromatic N) is 2. The molecule has 1 atom stereocenters. The number of hydrogen-bond donors (Lipinski definition) is 1. The van der Waals surface area contributed by atoms with Crippen LogP contribution in [0, 0.1) is 0 Å². The maximum atomic E-state index is 14.2. The molecule has 0 saturated carbocycles. The lowest BCUT2D eigenvalue weighted by Gasteiger charge is -2.34. The average molecular weight is 641 g/mol. The van der Waals surface area contributed by atoms with Crippen molar-refractivity contribution in [1.82, 2.24) is 10.2 Å². The summed E-state index contributed by atoms with van der Waals surface area (Å²) in [5, 5.41) is 3.74. The third kappa shape index (κ3) is 8.75. The van der Waals surface area contributed by atoms with Gasteiger partial charge in [-0.2, -0.15) is 0 Å². The van der Waals surface area contributed by atoms with E-state index in [2.05, 4.69) is 5.32 Å². The van der Waals surface area contributed by atoms with Crippen LogP contribution in [-0.4, -0.2) is 57.6 Å². The second-order valence-corrected chi connectivity index (χ2v) is 12.5. The predicted octanol–water partition coefficient (Wildman–Crippen LogP) is 5.59. The molecule has 0 aliphatic carbocycles. The minimum atomic E-state index is -4.01. The van der Waals surface area contributed by atoms with Crippen molar-refractivity contribution >= 4 is 62.3 Å². The molecule has 41 heavy (non-hydrogen) atoms. The summed E-state index contributed by atoms with van der Waals surface area (Å²) in [5.41, 5.74) is 1.32. The van der Waals surface area contributed by atoms with Crippen molar-refractivity contribution in [2.45, 2.75) is 32.4 Å². The van der Waals surface area contributed by atoms with E-state index in [4.69, 9.17) is 39.5 Å². The smallest absolute Gasteiger partial charge is 0.244 e. The van der Waals surface area contributed by atoms with Gasteiger partial charge in [0.1, 0.15) is 18.3 Å². The summed E-state index contributed by atoms with van der Waals surface area (Å²) in [4.78, 5) is 29.1. The molecule has 0 bridgehead atoms. The zero-order valence-electron chi connectivity index (χ0n) is 22.9. The molecule has 0 radical (unpaired) electrons. The Bertz CT molecular complexity index is 1450. The van der Waals surface area contributed by atoms with E-state index in [1.165, 1.54) is 24.1 Å². The highest BCUT2D eigenvalue weighted by atomic mass is 35.5. The fourth-order valence-corrected chi connectivity index (χ4v) is 5.75. The normalized spacial score (nSPS) is 12.0. The van der Waals surface area contributed by atoms with Gasteiger partial charge in [0.2, 0.25) is 21.8 Å². The lowest BCUT2D eigenvalue weighted by atomic mass is 10.0. The second kappa shape index (κ2) is 14.8. The van der Waals surface area contributed by atoms with E-state index in [9.17, 15) is 18.0 Å².